The topological polar surface area (TPSA) is 38.7 Å². The van der Waals surface area contributed by atoms with Crippen molar-refractivity contribution >= 4 is 0 Å². The first-order valence-corrected chi connectivity index (χ1v) is 9.02. The van der Waals surface area contributed by atoms with Crippen LogP contribution >= 0.6 is 0 Å². The first-order valence-electron chi connectivity index (χ1n) is 9.02. The average Bonchev–Trinajstić information content (AvgIpc) is 2.54. The van der Waals surface area contributed by atoms with Gasteiger partial charge in [0.05, 0.1) is 19.3 Å². The molecule has 1 atom stereocenters. The molecule has 0 aliphatic heterocycles. The predicted molar refractivity (Wildman–Crippen MR) is 103 cm³/mol. The van der Waals surface area contributed by atoms with Gasteiger partial charge >= 0.3 is 0 Å². The third-order valence-corrected chi connectivity index (χ3v) is 4.49. The maximum Gasteiger partial charge on any atom is 0.119 e. The average molecular weight is 342 g/mol. The molecule has 3 heteroatoms. The molecule has 2 aromatic rings. The number of aryl methyl sites for hydroxylation is 2. The van der Waals surface area contributed by atoms with Crippen molar-refractivity contribution in [3.05, 3.63) is 52.6 Å². The normalized spacial score (nSPS) is 12.2. The third kappa shape index (κ3) is 5.07. The van der Waals surface area contributed by atoms with Crippen LogP contribution in [0.5, 0.6) is 5.75 Å². The van der Waals surface area contributed by atoms with Crippen LogP contribution in [0.4, 0.5) is 0 Å². The van der Waals surface area contributed by atoms with E-state index in [4.69, 9.17) is 9.47 Å². The van der Waals surface area contributed by atoms with E-state index in [9.17, 15) is 5.11 Å². The Kier molecular flexibility index (Phi) is 7.03. The van der Waals surface area contributed by atoms with Crippen LogP contribution in [-0.4, -0.2) is 24.4 Å². The summed E-state index contributed by atoms with van der Waals surface area (Å²) in [4.78, 5) is 0. The van der Waals surface area contributed by atoms with Gasteiger partial charge in [0, 0.05) is 13.0 Å². The van der Waals surface area contributed by atoms with Crippen LogP contribution in [-0.2, 0) is 11.3 Å². The zero-order chi connectivity index (χ0) is 18.4. The lowest BCUT2D eigenvalue weighted by Gasteiger charge is -2.17. The minimum atomic E-state index is -0.336. The van der Waals surface area contributed by atoms with E-state index < -0.39 is 0 Å². The molecule has 0 bridgehead atoms. The van der Waals surface area contributed by atoms with E-state index in [1.807, 2.05) is 6.92 Å². The van der Waals surface area contributed by atoms with E-state index in [0.717, 1.165) is 12.4 Å². The van der Waals surface area contributed by atoms with Gasteiger partial charge in [0.1, 0.15) is 5.75 Å². The van der Waals surface area contributed by atoms with Gasteiger partial charge in [-0.3, -0.25) is 0 Å². The van der Waals surface area contributed by atoms with Crippen molar-refractivity contribution in [1.82, 2.24) is 0 Å². The molecule has 0 unspecified atom stereocenters. The molecular formula is C22H30O3. The van der Waals surface area contributed by atoms with Crippen LogP contribution in [0, 0.1) is 20.8 Å². The van der Waals surface area contributed by atoms with Crippen LogP contribution in [0.3, 0.4) is 0 Å². The Morgan fingerprint density at radius 1 is 1.08 bits per heavy atom. The minimum absolute atomic E-state index is 0.336. The molecule has 2 aromatic carbocycles. The molecule has 0 saturated heterocycles. The molecule has 2 rings (SSSR count). The van der Waals surface area contributed by atoms with Gasteiger partial charge in [-0.25, -0.2) is 0 Å². The molecule has 3 nitrogen and oxygen atoms in total. The van der Waals surface area contributed by atoms with Crippen LogP contribution < -0.4 is 4.74 Å². The molecule has 1 N–H and O–H groups in total. The van der Waals surface area contributed by atoms with E-state index in [1.54, 1.807) is 6.92 Å². The van der Waals surface area contributed by atoms with Gasteiger partial charge in [0.15, 0.2) is 0 Å². The number of hydrogen-bond donors (Lipinski definition) is 1. The molecule has 0 spiro atoms. The number of ether oxygens (including phenoxy) is 2. The van der Waals surface area contributed by atoms with Gasteiger partial charge in [-0.05, 0) is 80.1 Å². The van der Waals surface area contributed by atoms with Crippen LogP contribution in [0.2, 0.25) is 0 Å². The molecule has 0 saturated carbocycles. The fraction of sp³-hybridized carbons (Fsp3) is 0.455. The Bertz CT molecular complexity index is 681. The zero-order valence-corrected chi connectivity index (χ0v) is 16.1. The first kappa shape index (κ1) is 19.5. The predicted octanol–water partition coefficient (Wildman–Crippen LogP) is 4.97. The van der Waals surface area contributed by atoms with Crippen molar-refractivity contribution in [3.8, 4) is 16.9 Å². The van der Waals surface area contributed by atoms with Crippen molar-refractivity contribution in [3.63, 3.8) is 0 Å². The Morgan fingerprint density at radius 3 is 2.36 bits per heavy atom. The number of aliphatic hydroxyl groups excluding tert-OH is 1. The highest BCUT2D eigenvalue weighted by atomic mass is 16.5. The summed E-state index contributed by atoms with van der Waals surface area (Å²) in [7, 11) is 0. The minimum Gasteiger partial charge on any atom is -0.493 e. The van der Waals surface area contributed by atoms with Crippen molar-refractivity contribution in [2.45, 2.75) is 53.8 Å². The maximum atomic E-state index is 9.36. The molecule has 0 amide bonds. The van der Waals surface area contributed by atoms with Gasteiger partial charge in [-0.2, -0.15) is 0 Å². The summed E-state index contributed by atoms with van der Waals surface area (Å²) in [5, 5.41) is 9.36. The molecule has 136 valence electrons. The number of hydrogen-bond acceptors (Lipinski definition) is 3. The number of benzene rings is 2. The highest BCUT2D eigenvalue weighted by molar-refractivity contribution is 5.75. The summed E-state index contributed by atoms with van der Waals surface area (Å²) in [6.45, 7) is 12.1. The summed E-state index contributed by atoms with van der Waals surface area (Å²) in [6.07, 6.45) is 0.301. The lowest BCUT2D eigenvalue weighted by molar-refractivity contribution is 0.133. The van der Waals surface area contributed by atoms with E-state index in [-0.39, 0.29) is 6.10 Å². The van der Waals surface area contributed by atoms with E-state index >= 15 is 0 Å². The molecule has 0 aliphatic rings. The van der Waals surface area contributed by atoms with Crippen molar-refractivity contribution in [1.29, 1.82) is 0 Å². The third-order valence-electron chi connectivity index (χ3n) is 4.49. The Morgan fingerprint density at radius 2 is 1.76 bits per heavy atom. The fourth-order valence-electron chi connectivity index (χ4n) is 3.10. The largest absolute Gasteiger partial charge is 0.493 e. The molecule has 0 aliphatic carbocycles. The second kappa shape index (κ2) is 9.02. The quantitative estimate of drug-likeness (QED) is 0.736. The fourth-order valence-corrected chi connectivity index (χ4v) is 3.10. The Balaban J connectivity index is 2.31. The molecule has 0 fully saturated rings. The monoisotopic (exact) mass is 342 g/mol. The lowest BCUT2D eigenvalue weighted by atomic mass is 9.90. The van der Waals surface area contributed by atoms with Crippen LogP contribution in [0.15, 0.2) is 30.3 Å². The first-order chi connectivity index (χ1) is 11.9. The lowest BCUT2D eigenvalue weighted by Crippen LogP contribution is -2.07. The van der Waals surface area contributed by atoms with Crippen LogP contribution in [0.1, 0.15) is 42.5 Å². The summed E-state index contributed by atoms with van der Waals surface area (Å²) in [5.41, 5.74) is 7.41. The van der Waals surface area contributed by atoms with Gasteiger partial charge in [-0.15, -0.1) is 0 Å². The van der Waals surface area contributed by atoms with E-state index in [1.165, 1.54) is 33.4 Å². The standard InChI is InChI=1S/C22H30O3/c1-6-24-14-19-8-7-9-21(18(19)5)22-15(2)12-20(13-16(22)3)25-11-10-17(4)23/h7-9,12-13,17,23H,6,10-11,14H2,1-5H3/t17-/m1/s1. The van der Waals surface area contributed by atoms with E-state index in [2.05, 4.69) is 51.1 Å². The second-order valence-corrected chi connectivity index (χ2v) is 6.65. The molecule has 0 radical (unpaired) electrons. The molecular weight excluding hydrogens is 312 g/mol. The molecule has 0 heterocycles. The van der Waals surface area contributed by atoms with Gasteiger partial charge < -0.3 is 14.6 Å². The summed E-state index contributed by atoms with van der Waals surface area (Å²) in [5.74, 6) is 0.863. The zero-order valence-electron chi connectivity index (χ0n) is 16.1. The van der Waals surface area contributed by atoms with Gasteiger partial charge in [-0.1, -0.05) is 18.2 Å². The summed E-state index contributed by atoms with van der Waals surface area (Å²) >= 11 is 0. The highest BCUT2D eigenvalue weighted by Crippen LogP contribution is 2.34. The van der Waals surface area contributed by atoms with Gasteiger partial charge in [0.25, 0.3) is 0 Å². The van der Waals surface area contributed by atoms with Crippen molar-refractivity contribution in [2.24, 2.45) is 0 Å². The summed E-state index contributed by atoms with van der Waals surface area (Å²) in [6, 6.07) is 10.6. The second-order valence-electron chi connectivity index (χ2n) is 6.65. The van der Waals surface area contributed by atoms with Crippen LogP contribution in [0.25, 0.3) is 11.1 Å². The maximum absolute atomic E-state index is 9.36. The smallest absolute Gasteiger partial charge is 0.119 e. The van der Waals surface area contributed by atoms with Crippen molar-refractivity contribution in [2.75, 3.05) is 13.2 Å². The van der Waals surface area contributed by atoms with Crippen molar-refractivity contribution < 1.29 is 14.6 Å². The number of aliphatic hydroxyl groups is 1. The highest BCUT2D eigenvalue weighted by Gasteiger charge is 2.13. The van der Waals surface area contributed by atoms with Gasteiger partial charge in [0.2, 0.25) is 0 Å². The Labute approximate surface area is 151 Å². The summed E-state index contributed by atoms with van der Waals surface area (Å²) < 4.78 is 11.4. The molecule has 0 aromatic heterocycles. The number of rotatable bonds is 8. The Hall–Kier alpha value is -1.84. The molecule has 25 heavy (non-hydrogen) atoms. The van der Waals surface area contributed by atoms with E-state index in [0.29, 0.717) is 19.6 Å². The SMILES string of the molecule is CCOCc1cccc(-c2c(C)cc(OCC[C@@H](C)O)cc2C)c1C.